The van der Waals surface area contributed by atoms with Crippen molar-refractivity contribution in [1.29, 1.82) is 0 Å². The van der Waals surface area contributed by atoms with E-state index in [0.29, 0.717) is 11.3 Å². The molecule has 1 aromatic carbocycles. The van der Waals surface area contributed by atoms with Crippen LogP contribution in [0.5, 0.6) is 5.75 Å². The zero-order chi connectivity index (χ0) is 10.6. The minimum atomic E-state index is -0.231. The van der Waals surface area contributed by atoms with Gasteiger partial charge in [-0.2, -0.15) is 0 Å². The van der Waals surface area contributed by atoms with Crippen LogP contribution in [0.15, 0.2) is 22.7 Å². The van der Waals surface area contributed by atoms with Gasteiger partial charge in [-0.3, -0.25) is 10.2 Å². The first kappa shape index (κ1) is 11.0. The first-order valence-electron chi connectivity index (χ1n) is 3.99. The molecule has 0 spiro atoms. The quantitative estimate of drug-likeness (QED) is 0.805. The van der Waals surface area contributed by atoms with Crippen LogP contribution < -0.4 is 15.6 Å². The van der Waals surface area contributed by atoms with E-state index in [1.165, 1.54) is 7.11 Å². The van der Waals surface area contributed by atoms with Crippen molar-refractivity contribution in [3.63, 3.8) is 0 Å². The van der Waals surface area contributed by atoms with Crippen molar-refractivity contribution in [2.75, 3.05) is 14.2 Å². The van der Waals surface area contributed by atoms with Gasteiger partial charge in [0, 0.05) is 11.5 Å². The summed E-state index contributed by atoms with van der Waals surface area (Å²) in [6.07, 6.45) is 0. The van der Waals surface area contributed by atoms with Gasteiger partial charge in [-0.05, 0) is 18.2 Å². The number of amides is 1. The molecule has 5 heteroatoms. The summed E-state index contributed by atoms with van der Waals surface area (Å²) in [5.41, 5.74) is 5.52. The molecule has 0 aliphatic rings. The molecular formula is C9H11BrN2O2. The molecule has 76 valence electrons. The Morgan fingerprint density at radius 3 is 2.79 bits per heavy atom. The van der Waals surface area contributed by atoms with Crippen LogP contribution in [0.1, 0.15) is 10.4 Å². The molecule has 2 N–H and O–H groups in total. The molecular weight excluding hydrogens is 248 g/mol. The van der Waals surface area contributed by atoms with Gasteiger partial charge in [0.05, 0.1) is 12.7 Å². The second-order valence-corrected chi connectivity index (χ2v) is 3.46. The van der Waals surface area contributed by atoms with E-state index in [4.69, 9.17) is 4.74 Å². The lowest BCUT2D eigenvalue weighted by molar-refractivity contribution is 0.0935. The average Bonchev–Trinajstić information content (AvgIpc) is 2.18. The second kappa shape index (κ2) is 4.97. The monoisotopic (exact) mass is 258 g/mol. The Hall–Kier alpha value is -1.07. The van der Waals surface area contributed by atoms with Gasteiger partial charge in [-0.25, -0.2) is 5.43 Å². The maximum atomic E-state index is 11.5. The van der Waals surface area contributed by atoms with Gasteiger partial charge in [-0.15, -0.1) is 0 Å². The van der Waals surface area contributed by atoms with E-state index in [1.807, 2.05) is 6.07 Å². The van der Waals surface area contributed by atoms with Gasteiger partial charge in [-0.1, -0.05) is 15.9 Å². The Bertz CT molecular complexity index is 342. The molecule has 0 aliphatic heterocycles. The normalized spacial score (nSPS) is 9.64. The Morgan fingerprint density at radius 1 is 1.50 bits per heavy atom. The van der Waals surface area contributed by atoms with E-state index in [2.05, 4.69) is 26.8 Å². The molecule has 1 amide bonds. The van der Waals surface area contributed by atoms with Crippen molar-refractivity contribution in [3.8, 4) is 5.75 Å². The molecule has 1 rings (SSSR count). The summed E-state index contributed by atoms with van der Waals surface area (Å²) in [6.45, 7) is 0. The minimum Gasteiger partial charge on any atom is -0.496 e. The molecule has 0 atom stereocenters. The van der Waals surface area contributed by atoms with Crippen LogP contribution in [0, 0.1) is 0 Å². The van der Waals surface area contributed by atoms with E-state index < -0.39 is 0 Å². The number of carbonyl (C=O) groups excluding carboxylic acids is 1. The lowest BCUT2D eigenvalue weighted by Gasteiger charge is -2.08. The largest absolute Gasteiger partial charge is 0.496 e. The average molecular weight is 259 g/mol. The number of rotatable bonds is 3. The highest BCUT2D eigenvalue weighted by atomic mass is 79.9. The van der Waals surface area contributed by atoms with Crippen molar-refractivity contribution in [2.24, 2.45) is 0 Å². The van der Waals surface area contributed by atoms with E-state index in [9.17, 15) is 4.79 Å². The summed E-state index contributed by atoms with van der Waals surface area (Å²) >= 11 is 3.29. The van der Waals surface area contributed by atoms with Crippen molar-refractivity contribution in [1.82, 2.24) is 10.9 Å². The third-order valence-corrected chi connectivity index (χ3v) is 2.14. The van der Waals surface area contributed by atoms with Crippen LogP contribution in [0.4, 0.5) is 0 Å². The Morgan fingerprint density at radius 2 is 2.21 bits per heavy atom. The van der Waals surface area contributed by atoms with Crippen molar-refractivity contribution in [3.05, 3.63) is 28.2 Å². The van der Waals surface area contributed by atoms with Crippen LogP contribution in [0.2, 0.25) is 0 Å². The van der Waals surface area contributed by atoms with Crippen LogP contribution in [0.3, 0.4) is 0 Å². The highest BCUT2D eigenvalue weighted by Gasteiger charge is 2.11. The summed E-state index contributed by atoms with van der Waals surface area (Å²) in [4.78, 5) is 11.5. The van der Waals surface area contributed by atoms with Crippen LogP contribution in [-0.4, -0.2) is 20.1 Å². The second-order valence-electron chi connectivity index (χ2n) is 2.55. The molecule has 0 radical (unpaired) electrons. The smallest absolute Gasteiger partial charge is 0.269 e. The summed E-state index contributed by atoms with van der Waals surface area (Å²) in [7, 11) is 3.15. The maximum absolute atomic E-state index is 11.5. The number of halogens is 1. The van der Waals surface area contributed by atoms with E-state index in [1.54, 1.807) is 19.2 Å². The van der Waals surface area contributed by atoms with Crippen molar-refractivity contribution >= 4 is 21.8 Å². The predicted octanol–water partition coefficient (Wildman–Crippen LogP) is 1.32. The maximum Gasteiger partial charge on any atom is 0.269 e. The van der Waals surface area contributed by atoms with E-state index >= 15 is 0 Å². The number of hydrazine groups is 1. The number of benzene rings is 1. The number of ether oxygens (including phenoxy) is 1. The number of methoxy groups -OCH3 is 1. The fourth-order valence-electron chi connectivity index (χ4n) is 1.04. The van der Waals surface area contributed by atoms with Gasteiger partial charge in [0.1, 0.15) is 5.75 Å². The topological polar surface area (TPSA) is 50.4 Å². The summed E-state index contributed by atoms with van der Waals surface area (Å²) in [6, 6.07) is 5.25. The molecule has 14 heavy (non-hydrogen) atoms. The lowest BCUT2D eigenvalue weighted by Crippen LogP contribution is -2.34. The first-order chi connectivity index (χ1) is 6.69. The van der Waals surface area contributed by atoms with Crippen LogP contribution >= 0.6 is 15.9 Å². The standard InChI is InChI=1S/C9H11BrN2O2/c1-11-12-9(13)7-5-6(10)3-4-8(7)14-2/h3-5,11H,1-2H3,(H,12,13). The molecule has 0 bridgehead atoms. The molecule has 1 aromatic rings. The minimum absolute atomic E-state index is 0.231. The SMILES string of the molecule is CNNC(=O)c1cc(Br)ccc1OC. The Balaban J connectivity index is 3.03. The molecule has 0 aliphatic carbocycles. The van der Waals surface area contributed by atoms with Crippen LogP contribution in [0.25, 0.3) is 0 Å². The molecule has 0 fully saturated rings. The Labute approximate surface area is 90.7 Å². The molecule has 0 saturated heterocycles. The van der Waals surface area contributed by atoms with Crippen molar-refractivity contribution < 1.29 is 9.53 Å². The summed E-state index contributed by atoms with van der Waals surface area (Å²) in [5, 5.41) is 0. The van der Waals surface area contributed by atoms with Gasteiger partial charge in [0.2, 0.25) is 0 Å². The molecule has 4 nitrogen and oxygen atoms in total. The summed E-state index contributed by atoms with van der Waals surface area (Å²) < 4.78 is 5.89. The summed E-state index contributed by atoms with van der Waals surface area (Å²) in [5.74, 6) is 0.312. The lowest BCUT2D eigenvalue weighted by atomic mass is 10.2. The third kappa shape index (κ3) is 2.46. The predicted molar refractivity (Wildman–Crippen MR) is 57.2 cm³/mol. The van der Waals surface area contributed by atoms with Crippen molar-refractivity contribution in [2.45, 2.75) is 0 Å². The van der Waals surface area contributed by atoms with Gasteiger partial charge >= 0.3 is 0 Å². The van der Waals surface area contributed by atoms with E-state index in [-0.39, 0.29) is 5.91 Å². The van der Waals surface area contributed by atoms with E-state index in [0.717, 1.165) is 4.47 Å². The number of hydrogen-bond donors (Lipinski definition) is 2. The fraction of sp³-hybridized carbons (Fsp3) is 0.222. The zero-order valence-electron chi connectivity index (χ0n) is 7.93. The third-order valence-electron chi connectivity index (χ3n) is 1.64. The highest BCUT2D eigenvalue weighted by molar-refractivity contribution is 9.10. The molecule has 0 heterocycles. The molecule has 0 saturated carbocycles. The number of carbonyl (C=O) groups is 1. The Kier molecular flexibility index (Phi) is 3.91. The molecule has 0 aromatic heterocycles. The number of hydrogen-bond acceptors (Lipinski definition) is 3. The first-order valence-corrected chi connectivity index (χ1v) is 4.79. The zero-order valence-corrected chi connectivity index (χ0v) is 9.51. The van der Waals surface area contributed by atoms with Gasteiger partial charge < -0.3 is 4.74 Å². The van der Waals surface area contributed by atoms with Gasteiger partial charge in [0.25, 0.3) is 5.91 Å². The number of nitrogens with one attached hydrogen (secondary N) is 2. The van der Waals surface area contributed by atoms with Crippen LogP contribution in [-0.2, 0) is 0 Å². The van der Waals surface area contributed by atoms with Gasteiger partial charge in [0.15, 0.2) is 0 Å². The molecule has 0 unspecified atom stereocenters. The highest BCUT2D eigenvalue weighted by Crippen LogP contribution is 2.22. The fourth-order valence-corrected chi connectivity index (χ4v) is 1.40.